The van der Waals surface area contributed by atoms with Crippen LogP contribution >= 0.6 is 23.2 Å². The molecule has 2 aromatic rings. The normalized spacial score (nSPS) is 10.5. The number of hydrogen-bond acceptors (Lipinski definition) is 4. The summed E-state index contributed by atoms with van der Waals surface area (Å²) in [5.74, 6) is 0.0702. The number of carboxylic acids is 1. The average molecular weight is 370 g/mol. The van der Waals surface area contributed by atoms with E-state index in [1.165, 1.54) is 7.11 Å². The molecule has 5 nitrogen and oxygen atoms in total. The molecule has 0 aromatic heterocycles. The Labute approximate surface area is 150 Å². The number of halogens is 2. The zero-order chi connectivity index (χ0) is 17.5. The van der Waals surface area contributed by atoms with Gasteiger partial charge in [0.05, 0.1) is 13.7 Å². The van der Waals surface area contributed by atoms with Gasteiger partial charge in [-0.3, -0.25) is 4.79 Å². The Morgan fingerprint density at radius 2 is 1.88 bits per heavy atom. The Morgan fingerprint density at radius 1 is 1.12 bits per heavy atom. The lowest BCUT2D eigenvalue weighted by Crippen LogP contribution is -2.22. The number of ether oxygens (including phenoxy) is 2. The van der Waals surface area contributed by atoms with Crippen LogP contribution in [0.4, 0.5) is 0 Å². The summed E-state index contributed by atoms with van der Waals surface area (Å²) in [4.78, 5) is 10.5. The van der Waals surface area contributed by atoms with Gasteiger partial charge in [0.15, 0.2) is 11.5 Å². The van der Waals surface area contributed by atoms with Crippen molar-refractivity contribution < 1.29 is 19.4 Å². The molecule has 0 radical (unpaired) electrons. The van der Waals surface area contributed by atoms with E-state index >= 15 is 0 Å². The van der Waals surface area contributed by atoms with Gasteiger partial charge in [0.1, 0.15) is 6.61 Å². The van der Waals surface area contributed by atoms with Crippen molar-refractivity contribution >= 4 is 29.2 Å². The predicted octanol–water partition coefficient (Wildman–Crippen LogP) is 3.76. The Balaban J connectivity index is 2.11. The molecule has 0 saturated heterocycles. The molecule has 2 rings (SSSR count). The summed E-state index contributed by atoms with van der Waals surface area (Å²) < 4.78 is 11.1. The summed E-state index contributed by atoms with van der Waals surface area (Å²) in [6.45, 7) is 0.443. The molecule has 0 amide bonds. The van der Waals surface area contributed by atoms with E-state index in [0.717, 1.165) is 11.1 Å². The highest BCUT2D eigenvalue weighted by Gasteiger charge is 2.12. The first-order valence-corrected chi connectivity index (χ1v) is 7.92. The number of carboxylic acid groups (broad SMARTS) is 1. The van der Waals surface area contributed by atoms with E-state index in [-0.39, 0.29) is 13.2 Å². The van der Waals surface area contributed by atoms with E-state index in [1.54, 1.807) is 18.2 Å². The SMILES string of the molecule is COc1cc(CNCC(=O)O)c(Cl)cc1OCc1ccccc1Cl. The van der Waals surface area contributed by atoms with Crippen LogP contribution in [0.15, 0.2) is 36.4 Å². The Kier molecular flexibility index (Phi) is 6.73. The van der Waals surface area contributed by atoms with Gasteiger partial charge in [0, 0.05) is 28.2 Å². The van der Waals surface area contributed by atoms with Crippen LogP contribution in [0.25, 0.3) is 0 Å². The number of aliphatic carboxylic acids is 1. The van der Waals surface area contributed by atoms with Crippen molar-refractivity contribution in [2.24, 2.45) is 0 Å². The van der Waals surface area contributed by atoms with Gasteiger partial charge in [-0.05, 0) is 17.7 Å². The fourth-order valence-electron chi connectivity index (χ4n) is 2.06. The zero-order valence-electron chi connectivity index (χ0n) is 13.0. The number of benzene rings is 2. The number of nitrogens with one attached hydrogen (secondary N) is 1. The van der Waals surface area contributed by atoms with E-state index in [4.69, 9.17) is 37.8 Å². The Morgan fingerprint density at radius 3 is 2.54 bits per heavy atom. The fraction of sp³-hybridized carbons (Fsp3) is 0.235. The maximum Gasteiger partial charge on any atom is 0.317 e. The van der Waals surface area contributed by atoms with Crippen molar-refractivity contribution in [3.8, 4) is 11.5 Å². The van der Waals surface area contributed by atoms with E-state index in [0.29, 0.717) is 28.1 Å². The highest BCUT2D eigenvalue weighted by atomic mass is 35.5. The Bertz CT molecular complexity index is 722. The lowest BCUT2D eigenvalue weighted by molar-refractivity contribution is -0.135. The van der Waals surface area contributed by atoms with Gasteiger partial charge in [0.2, 0.25) is 0 Å². The van der Waals surface area contributed by atoms with Crippen molar-refractivity contribution in [2.45, 2.75) is 13.2 Å². The molecule has 2 N–H and O–H groups in total. The molecule has 0 unspecified atom stereocenters. The molecule has 7 heteroatoms. The third kappa shape index (κ3) is 5.03. The molecule has 0 fully saturated rings. The van der Waals surface area contributed by atoms with Gasteiger partial charge >= 0.3 is 5.97 Å². The molecule has 24 heavy (non-hydrogen) atoms. The van der Waals surface area contributed by atoms with Crippen LogP contribution in [-0.4, -0.2) is 24.7 Å². The molecule has 128 valence electrons. The van der Waals surface area contributed by atoms with Crippen LogP contribution in [-0.2, 0) is 17.9 Å². The molecule has 0 saturated carbocycles. The second kappa shape index (κ2) is 8.78. The van der Waals surface area contributed by atoms with Gasteiger partial charge in [-0.25, -0.2) is 0 Å². The molecule has 0 atom stereocenters. The summed E-state index contributed by atoms with van der Waals surface area (Å²) in [7, 11) is 1.53. The Hall–Kier alpha value is -1.95. The molecule has 0 bridgehead atoms. The van der Waals surface area contributed by atoms with Gasteiger partial charge < -0.3 is 19.9 Å². The molecule has 0 aliphatic heterocycles. The minimum Gasteiger partial charge on any atom is -0.493 e. The molecule has 0 aliphatic rings. The molecule has 0 aliphatic carbocycles. The summed E-state index contributed by atoms with van der Waals surface area (Å²) in [5.41, 5.74) is 1.57. The van der Waals surface area contributed by atoms with E-state index in [9.17, 15) is 4.79 Å². The standard InChI is InChI=1S/C17H17Cl2NO4/c1-23-15-6-12(8-20-9-17(21)22)14(19)7-16(15)24-10-11-4-2-3-5-13(11)18/h2-7,20H,8-10H2,1H3,(H,21,22). The second-order valence-corrected chi connectivity index (χ2v) is 5.79. The van der Waals surface area contributed by atoms with Gasteiger partial charge in [-0.15, -0.1) is 0 Å². The van der Waals surface area contributed by atoms with E-state index in [2.05, 4.69) is 5.32 Å². The third-order valence-corrected chi connectivity index (χ3v) is 3.99. The average Bonchev–Trinajstić information content (AvgIpc) is 2.55. The molecule has 2 aromatic carbocycles. The van der Waals surface area contributed by atoms with E-state index in [1.807, 2.05) is 18.2 Å². The second-order valence-electron chi connectivity index (χ2n) is 4.97. The van der Waals surface area contributed by atoms with Crippen LogP contribution in [0.3, 0.4) is 0 Å². The van der Waals surface area contributed by atoms with Crippen molar-refractivity contribution in [3.63, 3.8) is 0 Å². The van der Waals surface area contributed by atoms with Crippen LogP contribution in [0, 0.1) is 0 Å². The topological polar surface area (TPSA) is 67.8 Å². The monoisotopic (exact) mass is 369 g/mol. The highest BCUT2D eigenvalue weighted by Crippen LogP contribution is 2.34. The molecule has 0 spiro atoms. The highest BCUT2D eigenvalue weighted by molar-refractivity contribution is 6.31. The fourth-order valence-corrected chi connectivity index (χ4v) is 2.47. The van der Waals surface area contributed by atoms with Crippen molar-refractivity contribution in [2.75, 3.05) is 13.7 Å². The lowest BCUT2D eigenvalue weighted by Gasteiger charge is -2.14. The minimum absolute atomic E-state index is 0.149. The quantitative estimate of drug-likeness (QED) is 0.741. The van der Waals surface area contributed by atoms with Crippen LogP contribution in [0.2, 0.25) is 10.0 Å². The van der Waals surface area contributed by atoms with Crippen LogP contribution in [0.5, 0.6) is 11.5 Å². The molecular formula is C17H17Cl2NO4. The maximum atomic E-state index is 10.5. The predicted molar refractivity (Wildman–Crippen MR) is 93.1 cm³/mol. The largest absolute Gasteiger partial charge is 0.493 e. The smallest absolute Gasteiger partial charge is 0.317 e. The lowest BCUT2D eigenvalue weighted by atomic mass is 10.2. The number of hydrogen-bond donors (Lipinski definition) is 2. The van der Waals surface area contributed by atoms with Crippen molar-refractivity contribution in [1.29, 1.82) is 0 Å². The summed E-state index contributed by atoms with van der Waals surface area (Å²) in [5, 5.41) is 12.5. The number of carbonyl (C=O) groups is 1. The van der Waals surface area contributed by atoms with Gasteiger partial charge in [0.25, 0.3) is 0 Å². The first-order chi connectivity index (χ1) is 11.5. The molecule has 0 heterocycles. The summed E-state index contributed by atoms with van der Waals surface area (Å²) >= 11 is 12.3. The van der Waals surface area contributed by atoms with Crippen LogP contribution in [0.1, 0.15) is 11.1 Å². The summed E-state index contributed by atoms with van der Waals surface area (Å²) in [6.07, 6.45) is 0. The van der Waals surface area contributed by atoms with Crippen molar-refractivity contribution in [1.82, 2.24) is 5.32 Å². The van der Waals surface area contributed by atoms with E-state index < -0.39 is 5.97 Å². The summed E-state index contributed by atoms with van der Waals surface area (Å²) in [6, 6.07) is 10.8. The van der Waals surface area contributed by atoms with Crippen LogP contribution < -0.4 is 14.8 Å². The maximum absolute atomic E-state index is 10.5. The number of rotatable bonds is 8. The first-order valence-electron chi connectivity index (χ1n) is 7.16. The first kappa shape index (κ1) is 18.4. The number of methoxy groups -OCH3 is 1. The van der Waals surface area contributed by atoms with Gasteiger partial charge in [-0.2, -0.15) is 0 Å². The minimum atomic E-state index is -0.933. The van der Waals surface area contributed by atoms with Gasteiger partial charge in [-0.1, -0.05) is 41.4 Å². The molecular weight excluding hydrogens is 353 g/mol. The van der Waals surface area contributed by atoms with Crippen molar-refractivity contribution in [3.05, 3.63) is 57.6 Å². The zero-order valence-corrected chi connectivity index (χ0v) is 14.5. The third-order valence-electron chi connectivity index (χ3n) is 3.27.